The molecule has 1 aliphatic carbocycles. The minimum Gasteiger partial charge on any atom is -0.489 e. The van der Waals surface area contributed by atoms with Gasteiger partial charge in [0.25, 0.3) is 0 Å². The summed E-state index contributed by atoms with van der Waals surface area (Å²) in [5.41, 5.74) is 3.44. The summed E-state index contributed by atoms with van der Waals surface area (Å²) in [4.78, 5) is 26.4. The maximum Gasteiger partial charge on any atom is 0.419 e. The number of carbonyl (C=O) groups excluding carboxylic acids is 1. The van der Waals surface area contributed by atoms with Gasteiger partial charge < -0.3 is 14.2 Å². The van der Waals surface area contributed by atoms with Gasteiger partial charge in [-0.3, -0.25) is 4.98 Å². The van der Waals surface area contributed by atoms with Crippen molar-refractivity contribution in [3.8, 4) is 34.6 Å². The van der Waals surface area contributed by atoms with Crippen molar-refractivity contribution in [2.45, 2.75) is 51.4 Å². The van der Waals surface area contributed by atoms with Crippen LogP contribution in [-0.2, 0) is 4.74 Å². The van der Waals surface area contributed by atoms with Crippen molar-refractivity contribution in [3.63, 3.8) is 0 Å². The standard InChI is InChI=1S/C33H29BrN4O4/c1-33(2,3)42-32(39)38-29-12-14-35-20-28(29)27-10-6-21(15-30(27)38)22-7-11-31(37-18-22)41-26-16-25(17-26)40-24-9-8-23(36-19-24)5-4-13-34/h6-12,14-15,18-20,25-26H,13,16-17H2,1-3H3. The first-order valence-electron chi connectivity index (χ1n) is 13.7. The van der Waals surface area contributed by atoms with Gasteiger partial charge in [0.15, 0.2) is 0 Å². The van der Waals surface area contributed by atoms with Crippen molar-refractivity contribution in [2.24, 2.45) is 0 Å². The molecule has 0 radical (unpaired) electrons. The second kappa shape index (κ2) is 11.5. The molecular weight excluding hydrogens is 596 g/mol. The molecule has 0 aliphatic heterocycles. The molecule has 212 valence electrons. The monoisotopic (exact) mass is 624 g/mol. The van der Waals surface area contributed by atoms with E-state index in [2.05, 4.69) is 42.7 Å². The molecular formula is C33H29BrN4O4. The summed E-state index contributed by atoms with van der Waals surface area (Å²) >= 11 is 3.28. The minimum absolute atomic E-state index is 0.0415. The van der Waals surface area contributed by atoms with Gasteiger partial charge in [-0.1, -0.05) is 34.0 Å². The van der Waals surface area contributed by atoms with E-state index in [0.29, 0.717) is 16.9 Å². The Morgan fingerprint density at radius 1 is 0.929 bits per heavy atom. The second-order valence-corrected chi connectivity index (χ2v) is 11.7. The number of fused-ring (bicyclic) bond motifs is 3. The highest BCUT2D eigenvalue weighted by Crippen LogP contribution is 2.34. The molecule has 1 aromatic carbocycles. The molecule has 9 heteroatoms. The van der Waals surface area contributed by atoms with Crippen LogP contribution in [0, 0.1) is 11.8 Å². The van der Waals surface area contributed by atoms with Crippen LogP contribution in [0.1, 0.15) is 39.3 Å². The summed E-state index contributed by atoms with van der Waals surface area (Å²) in [5.74, 6) is 7.19. The molecule has 0 saturated heterocycles. The Morgan fingerprint density at radius 2 is 1.74 bits per heavy atom. The van der Waals surface area contributed by atoms with E-state index in [1.54, 1.807) is 29.4 Å². The van der Waals surface area contributed by atoms with E-state index in [4.69, 9.17) is 14.2 Å². The Kier molecular flexibility index (Phi) is 7.56. The predicted molar refractivity (Wildman–Crippen MR) is 165 cm³/mol. The SMILES string of the molecule is CC(C)(C)OC(=O)n1c2ccncc2c2ccc(-c3ccc(OC4CC(Oc5ccc(C#CCBr)nc5)C4)nc3)cc21. The average Bonchev–Trinajstić information content (AvgIpc) is 3.29. The van der Waals surface area contributed by atoms with Gasteiger partial charge >= 0.3 is 6.09 Å². The van der Waals surface area contributed by atoms with E-state index in [1.807, 2.05) is 69.3 Å². The minimum atomic E-state index is -0.623. The maximum atomic E-state index is 13.2. The number of hydrogen-bond donors (Lipinski definition) is 0. The van der Waals surface area contributed by atoms with Crippen molar-refractivity contribution < 1.29 is 19.0 Å². The van der Waals surface area contributed by atoms with Crippen molar-refractivity contribution in [1.29, 1.82) is 0 Å². The number of alkyl halides is 1. The lowest BCUT2D eigenvalue weighted by Gasteiger charge is -2.34. The molecule has 6 rings (SSSR count). The van der Waals surface area contributed by atoms with Gasteiger partial charge in [-0.15, -0.1) is 0 Å². The summed E-state index contributed by atoms with van der Waals surface area (Å²) in [6, 6.07) is 15.4. The van der Waals surface area contributed by atoms with Gasteiger partial charge in [0.2, 0.25) is 5.88 Å². The van der Waals surface area contributed by atoms with Crippen molar-refractivity contribution in [3.05, 3.63) is 79.0 Å². The normalized spacial score (nSPS) is 16.4. The largest absolute Gasteiger partial charge is 0.489 e. The molecule has 42 heavy (non-hydrogen) atoms. The number of pyridine rings is 3. The lowest BCUT2D eigenvalue weighted by Crippen LogP contribution is -2.41. The number of rotatable bonds is 5. The van der Waals surface area contributed by atoms with Gasteiger partial charge in [-0.05, 0) is 62.6 Å². The van der Waals surface area contributed by atoms with E-state index in [9.17, 15) is 4.79 Å². The molecule has 0 spiro atoms. The fourth-order valence-electron chi connectivity index (χ4n) is 4.89. The summed E-state index contributed by atoms with van der Waals surface area (Å²) < 4.78 is 19.4. The predicted octanol–water partition coefficient (Wildman–Crippen LogP) is 7.16. The van der Waals surface area contributed by atoms with Crippen molar-refractivity contribution in [1.82, 2.24) is 19.5 Å². The third-order valence-electron chi connectivity index (χ3n) is 6.87. The van der Waals surface area contributed by atoms with E-state index in [-0.39, 0.29) is 12.2 Å². The van der Waals surface area contributed by atoms with Crippen LogP contribution in [0.15, 0.2) is 73.3 Å². The first-order valence-corrected chi connectivity index (χ1v) is 14.8. The summed E-state index contributed by atoms with van der Waals surface area (Å²) in [6.45, 7) is 5.57. The third kappa shape index (κ3) is 5.95. The molecule has 0 unspecified atom stereocenters. The van der Waals surface area contributed by atoms with Gasteiger partial charge in [-0.25, -0.2) is 19.3 Å². The third-order valence-corrected chi connectivity index (χ3v) is 7.16. The molecule has 0 amide bonds. The fourth-order valence-corrected chi connectivity index (χ4v) is 5.03. The zero-order valence-electron chi connectivity index (χ0n) is 23.5. The number of aromatic nitrogens is 4. The number of ether oxygens (including phenoxy) is 3. The number of nitrogens with zero attached hydrogens (tertiary/aromatic N) is 4. The van der Waals surface area contributed by atoms with Crippen LogP contribution in [0.5, 0.6) is 11.6 Å². The number of hydrogen-bond acceptors (Lipinski definition) is 7. The van der Waals surface area contributed by atoms with E-state index >= 15 is 0 Å². The Balaban J connectivity index is 1.13. The molecule has 1 fully saturated rings. The van der Waals surface area contributed by atoms with Crippen LogP contribution in [0.4, 0.5) is 4.79 Å². The zero-order chi connectivity index (χ0) is 29.3. The fraction of sp³-hybridized carbons (Fsp3) is 0.273. The van der Waals surface area contributed by atoms with E-state index in [1.165, 1.54) is 0 Å². The Bertz CT molecular complexity index is 1810. The van der Waals surface area contributed by atoms with E-state index < -0.39 is 11.7 Å². The molecule has 0 N–H and O–H groups in total. The molecule has 1 aliphatic rings. The number of carbonyl (C=O) groups is 1. The summed E-state index contributed by atoms with van der Waals surface area (Å²) in [5, 5.41) is 2.43. The molecule has 8 nitrogen and oxygen atoms in total. The van der Waals surface area contributed by atoms with Crippen LogP contribution < -0.4 is 9.47 Å². The lowest BCUT2D eigenvalue weighted by molar-refractivity contribution is 0.00208. The lowest BCUT2D eigenvalue weighted by atomic mass is 9.92. The molecule has 4 aromatic heterocycles. The zero-order valence-corrected chi connectivity index (χ0v) is 25.1. The van der Waals surface area contributed by atoms with Gasteiger partial charge in [0.05, 0.1) is 22.6 Å². The average molecular weight is 626 g/mol. The smallest absolute Gasteiger partial charge is 0.419 e. The van der Waals surface area contributed by atoms with Crippen LogP contribution in [0.3, 0.4) is 0 Å². The number of halogens is 1. The molecule has 1 saturated carbocycles. The van der Waals surface area contributed by atoms with E-state index in [0.717, 1.165) is 51.5 Å². The van der Waals surface area contributed by atoms with Crippen molar-refractivity contribution in [2.75, 3.05) is 5.33 Å². The Hall–Kier alpha value is -4.42. The quantitative estimate of drug-likeness (QED) is 0.151. The maximum absolute atomic E-state index is 13.2. The van der Waals surface area contributed by atoms with Crippen LogP contribution in [0.25, 0.3) is 32.9 Å². The second-order valence-electron chi connectivity index (χ2n) is 11.1. The van der Waals surface area contributed by atoms with Crippen molar-refractivity contribution >= 4 is 43.8 Å². The molecule has 5 aromatic rings. The topological polar surface area (TPSA) is 88.4 Å². The Labute approximate surface area is 252 Å². The molecule has 0 bridgehead atoms. The molecule has 4 heterocycles. The van der Waals surface area contributed by atoms with Crippen LogP contribution >= 0.6 is 15.9 Å². The van der Waals surface area contributed by atoms with Gasteiger partial charge in [0.1, 0.15) is 29.3 Å². The summed E-state index contributed by atoms with van der Waals surface area (Å²) in [7, 11) is 0. The first-order chi connectivity index (χ1) is 20.3. The Morgan fingerprint density at radius 3 is 2.45 bits per heavy atom. The first kappa shape index (κ1) is 27.7. The highest BCUT2D eigenvalue weighted by molar-refractivity contribution is 9.09. The highest BCUT2D eigenvalue weighted by atomic mass is 79.9. The molecule has 0 atom stereocenters. The van der Waals surface area contributed by atoms with Gasteiger partial charge in [-0.2, -0.15) is 0 Å². The number of benzene rings is 1. The van der Waals surface area contributed by atoms with Gasteiger partial charge in [0, 0.05) is 53.8 Å². The van der Waals surface area contributed by atoms with Crippen LogP contribution in [-0.4, -0.2) is 48.8 Å². The highest BCUT2D eigenvalue weighted by Gasteiger charge is 2.33. The summed E-state index contributed by atoms with van der Waals surface area (Å²) in [6.07, 6.45) is 8.18. The van der Waals surface area contributed by atoms with Crippen LogP contribution in [0.2, 0.25) is 0 Å².